The third-order valence-electron chi connectivity index (χ3n) is 5.76. The number of hydrogen-bond acceptors (Lipinski definition) is 7. The summed E-state index contributed by atoms with van der Waals surface area (Å²) in [7, 11) is 0. The van der Waals surface area contributed by atoms with Gasteiger partial charge in [0.2, 0.25) is 5.91 Å². The van der Waals surface area contributed by atoms with Crippen molar-refractivity contribution >= 4 is 23.5 Å². The van der Waals surface area contributed by atoms with Gasteiger partial charge in [0, 0.05) is 45.0 Å². The molecule has 2 aromatic heterocycles. The number of carboxylic acid groups (broad SMARTS) is 1. The molecule has 2 N–H and O–H groups in total. The molecule has 1 atom stereocenters. The molecule has 31 heavy (non-hydrogen) atoms. The first-order chi connectivity index (χ1) is 15.1. The van der Waals surface area contributed by atoms with Crippen LogP contribution >= 0.6 is 0 Å². The molecule has 2 fully saturated rings. The number of amides is 1. The van der Waals surface area contributed by atoms with E-state index in [0.717, 1.165) is 51.1 Å². The van der Waals surface area contributed by atoms with E-state index in [2.05, 4.69) is 20.2 Å². The Morgan fingerprint density at radius 2 is 1.97 bits per heavy atom. The van der Waals surface area contributed by atoms with Gasteiger partial charge in [0.05, 0.1) is 12.3 Å². The molecule has 9 nitrogen and oxygen atoms in total. The van der Waals surface area contributed by atoms with Crippen LogP contribution < -0.4 is 10.2 Å². The molecule has 164 valence electrons. The monoisotopic (exact) mass is 424 g/mol. The molecule has 0 bridgehead atoms. The molecule has 4 rings (SSSR count). The average molecular weight is 425 g/mol. The SMILES string of the molecule is O=C(O)CCNc1cc(N2CCCC(C(=O)N3CCCC3)C2)nc(-c2ccccn2)n1. The smallest absolute Gasteiger partial charge is 0.305 e. The van der Waals surface area contributed by atoms with Crippen molar-refractivity contribution in [3.8, 4) is 11.5 Å². The molecular formula is C22H28N6O3. The lowest BCUT2D eigenvalue weighted by Gasteiger charge is -2.34. The number of nitrogens with zero attached hydrogens (tertiary/aromatic N) is 5. The molecule has 0 aromatic carbocycles. The lowest BCUT2D eigenvalue weighted by Crippen LogP contribution is -2.44. The van der Waals surface area contributed by atoms with E-state index >= 15 is 0 Å². The van der Waals surface area contributed by atoms with Crippen molar-refractivity contribution in [1.82, 2.24) is 19.9 Å². The molecule has 2 saturated heterocycles. The van der Waals surface area contributed by atoms with E-state index in [0.29, 0.717) is 23.9 Å². The summed E-state index contributed by atoms with van der Waals surface area (Å²) in [6.45, 7) is 3.44. The van der Waals surface area contributed by atoms with Gasteiger partial charge in [-0.1, -0.05) is 6.07 Å². The molecule has 9 heteroatoms. The highest BCUT2D eigenvalue weighted by molar-refractivity contribution is 5.80. The van der Waals surface area contributed by atoms with Crippen LogP contribution in [-0.2, 0) is 9.59 Å². The molecule has 1 unspecified atom stereocenters. The summed E-state index contributed by atoms with van der Waals surface area (Å²) in [5.41, 5.74) is 0.646. The predicted molar refractivity (Wildman–Crippen MR) is 117 cm³/mol. The minimum atomic E-state index is -0.869. The largest absolute Gasteiger partial charge is 0.481 e. The lowest BCUT2D eigenvalue weighted by molar-refractivity contribution is -0.137. The van der Waals surface area contributed by atoms with Crippen molar-refractivity contribution < 1.29 is 14.7 Å². The molecule has 0 saturated carbocycles. The maximum Gasteiger partial charge on any atom is 0.305 e. The van der Waals surface area contributed by atoms with E-state index in [1.165, 1.54) is 0 Å². The summed E-state index contributed by atoms with van der Waals surface area (Å²) in [6, 6.07) is 7.38. The molecule has 2 aromatic rings. The van der Waals surface area contributed by atoms with Gasteiger partial charge in [0.25, 0.3) is 0 Å². The van der Waals surface area contributed by atoms with Crippen LogP contribution in [0.25, 0.3) is 11.5 Å². The molecule has 2 aliphatic rings. The maximum absolute atomic E-state index is 12.9. The van der Waals surface area contributed by atoms with Gasteiger partial charge in [-0.3, -0.25) is 14.6 Å². The van der Waals surface area contributed by atoms with Crippen LogP contribution in [0.5, 0.6) is 0 Å². The number of aliphatic carboxylic acids is 1. The first kappa shape index (κ1) is 21.0. The number of likely N-dealkylation sites (tertiary alicyclic amines) is 1. The zero-order valence-electron chi connectivity index (χ0n) is 17.5. The van der Waals surface area contributed by atoms with Crippen molar-refractivity contribution in [2.45, 2.75) is 32.1 Å². The Labute approximate surface area is 181 Å². The van der Waals surface area contributed by atoms with Crippen LogP contribution in [-0.4, -0.2) is 69.6 Å². The Morgan fingerprint density at radius 1 is 1.13 bits per heavy atom. The molecule has 0 spiro atoms. The normalized spacial score (nSPS) is 18.8. The van der Waals surface area contributed by atoms with Crippen molar-refractivity contribution in [1.29, 1.82) is 0 Å². The number of carbonyl (C=O) groups excluding carboxylic acids is 1. The van der Waals surface area contributed by atoms with Crippen LogP contribution in [0.3, 0.4) is 0 Å². The Morgan fingerprint density at radius 3 is 2.71 bits per heavy atom. The standard InChI is InChI=1S/C22H28N6O3/c29-20(30)8-10-24-18-14-19(26-21(25-18)17-7-1-2-9-23-17)28-13-5-6-16(15-28)22(31)27-11-3-4-12-27/h1-2,7,9,14,16H,3-6,8,10-13,15H2,(H,29,30)(H,24,25,26). The quantitative estimate of drug-likeness (QED) is 0.696. The number of rotatable bonds is 7. The number of aromatic nitrogens is 3. The van der Waals surface area contributed by atoms with E-state index in [1.54, 1.807) is 6.20 Å². The summed E-state index contributed by atoms with van der Waals surface area (Å²) >= 11 is 0. The number of pyridine rings is 1. The zero-order valence-corrected chi connectivity index (χ0v) is 17.5. The predicted octanol–water partition coefficient (Wildman–Crippen LogP) is 2.26. The van der Waals surface area contributed by atoms with Crippen LogP contribution in [0.15, 0.2) is 30.5 Å². The van der Waals surface area contributed by atoms with Crippen LogP contribution in [0.1, 0.15) is 32.1 Å². The Hall–Kier alpha value is -3.23. The molecule has 0 aliphatic carbocycles. The van der Waals surface area contributed by atoms with E-state index in [-0.39, 0.29) is 24.8 Å². The average Bonchev–Trinajstić information content (AvgIpc) is 3.34. The number of anilines is 2. The first-order valence-corrected chi connectivity index (χ1v) is 10.9. The third-order valence-corrected chi connectivity index (χ3v) is 5.76. The number of nitrogens with one attached hydrogen (secondary N) is 1. The molecule has 2 aliphatic heterocycles. The Balaban J connectivity index is 1.56. The van der Waals surface area contributed by atoms with Crippen molar-refractivity contribution in [2.75, 3.05) is 42.9 Å². The fourth-order valence-electron chi connectivity index (χ4n) is 4.18. The number of piperidine rings is 1. The molecule has 1 amide bonds. The first-order valence-electron chi connectivity index (χ1n) is 10.9. The number of carbonyl (C=O) groups is 2. The zero-order chi connectivity index (χ0) is 21.6. The van der Waals surface area contributed by atoms with E-state index in [9.17, 15) is 9.59 Å². The fourth-order valence-corrected chi connectivity index (χ4v) is 4.18. The van der Waals surface area contributed by atoms with Crippen LogP contribution in [0.2, 0.25) is 0 Å². The second-order valence-electron chi connectivity index (χ2n) is 8.04. The number of hydrogen-bond donors (Lipinski definition) is 2. The molecular weight excluding hydrogens is 396 g/mol. The van der Waals surface area contributed by atoms with E-state index in [1.807, 2.05) is 29.2 Å². The van der Waals surface area contributed by atoms with E-state index < -0.39 is 5.97 Å². The summed E-state index contributed by atoms with van der Waals surface area (Å²) in [5, 5.41) is 12.0. The second kappa shape index (κ2) is 9.72. The third kappa shape index (κ3) is 5.28. The van der Waals surface area contributed by atoms with Gasteiger partial charge in [-0.25, -0.2) is 9.97 Å². The van der Waals surface area contributed by atoms with Gasteiger partial charge < -0.3 is 20.2 Å². The highest BCUT2D eigenvalue weighted by Crippen LogP contribution is 2.27. The van der Waals surface area contributed by atoms with Gasteiger partial charge in [-0.15, -0.1) is 0 Å². The summed E-state index contributed by atoms with van der Waals surface area (Å²) in [4.78, 5) is 41.6. The molecule has 0 radical (unpaired) electrons. The van der Waals surface area contributed by atoms with Gasteiger partial charge in [0.1, 0.15) is 17.3 Å². The van der Waals surface area contributed by atoms with Crippen molar-refractivity contribution in [3.05, 3.63) is 30.5 Å². The van der Waals surface area contributed by atoms with Crippen LogP contribution in [0, 0.1) is 5.92 Å². The summed E-state index contributed by atoms with van der Waals surface area (Å²) in [6.07, 6.45) is 5.69. The summed E-state index contributed by atoms with van der Waals surface area (Å²) < 4.78 is 0. The maximum atomic E-state index is 12.9. The summed E-state index contributed by atoms with van der Waals surface area (Å²) in [5.74, 6) is 1.12. The van der Waals surface area contributed by atoms with E-state index in [4.69, 9.17) is 10.1 Å². The number of carboxylic acids is 1. The minimum Gasteiger partial charge on any atom is -0.481 e. The fraction of sp³-hybridized carbons (Fsp3) is 0.500. The van der Waals surface area contributed by atoms with Gasteiger partial charge in [0.15, 0.2) is 5.82 Å². The highest BCUT2D eigenvalue weighted by Gasteiger charge is 2.31. The van der Waals surface area contributed by atoms with Crippen LogP contribution in [0.4, 0.5) is 11.6 Å². The second-order valence-corrected chi connectivity index (χ2v) is 8.04. The Bertz CT molecular complexity index is 917. The molecule has 4 heterocycles. The lowest BCUT2D eigenvalue weighted by atomic mass is 9.96. The minimum absolute atomic E-state index is 0.00557. The van der Waals surface area contributed by atoms with Gasteiger partial charge >= 0.3 is 5.97 Å². The van der Waals surface area contributed by atoms with Crippen molar-refractivity contribution in [3.63, 3.8) is 0 Å². The van der Waals surface area contributed by atoms with Crippen molar-refractivity contribution in [2.24, 2.45) is 5.92 Å². The highest BCUT2D eigenvalue weighted by atomic mass is 16.4. The topological polar surface area (TPSA) is 112 Å². The van der Waals surface area contributed by atoms with Gasteiger partial charge in [-0.05, 0) is 37.8 Å². The van der Waals surface area contributed by atoms with Gasteiger partial charge in [-0.2, -0.15) is 0 Å². The Kier molecular flexibility index (Phi) is 6.59.